The SMILES string of the molecule is FC(c1[c-]c(-n2c3cc4sc5ccccc5c4cc3c3cccnc32)ccc1)c1[c-]c2c(cc1)c1ccccc1n1ccnc21.[Pd+2]. The van der Waals surface area contributed by atoms with Gasteiger partial charge in [0.05, 0.1) is 11.2 Å². The minimum absolute atomic E-state index is 0. The maximum absolute atomic E-state index is 16.5. The molecule has 1 unspecified atom stereocenters. The third kappa shape index (κ3) is 3.86. The Morgan fingerprint density at radius 2 is 1.41 bits per heavy atom. The Morgan fingerprint density at radius 1 is 0.609 bits per heavy atom. The first-order valence-corrected chi connectivity index (χ1v) is 15.6. The van der Waals surface area contributed by atoms with E-state index in [-0.39, 0.29) is 20.4 Å². The van der Waals surface area contributed by atoms with Gasteiger partial charge in [0.25, 0.3) is 0 Å². The fourth-order valence-corrected chi connectivity index (χ4v) is 8.00. The number of alkyl halides is 1. The first-order chi connectivity index (χ1) is 22.2. The minimum atomic E-state index is -1.42. The van der Waals surface area contributed by atoms with E-state index in [2.05, 4.69) is 76.3 Å². The van der Waals surface area contributed by atoms with Gasteiger partial charge in [-0.3, -0.25) is 4.98 Å². The molecule has 5 aromatic carbocycles. The molecule has 0 spiro atoms. The van der Waals surface area contributed by atoms with Crippen LogP contribution in [0, 0.1) is 12.1 Å². The third-order valence-electron chi connectivity index (χ3n) is 8.90. The fraction of sp³-hybridized carbons (Fsp3) is 0.0256. The van der Waals surface area contributed by atoms with Crippen molar-refractivity contribution in [1.29, 1.82) is 0 Å². The molecule has 0 N–H and O–H groups in total. The maximum Gasteiger partial charge on any atom is 2.00 e. The molecule has 5 heterocycles. The number of rotatable bonds is 3. The summed E-state index contributed by atoms with van der Waals surface area (Å²) in [5, 5.41) is 7.54. The summed E-state index contributed by atoms with van der Waals surface area (Å²) in [6.45, 7) is 0. The summed E-state index contributed by atoms with van der Waals surface area (Å²) in [4.78, 5) is 9.39. The molecule has 0 fully saturated rings. The second-order valence-electron chi connectivity index (χ2n) is 11.4. The van der Waals surface area contributed by atoms with E-state index in [0.717, 1.165) is 54.9 Å². The third-order valence-corrected chi connectivity index (χ3v) is 10.0. The number of para-hydroxylation sites is 1. The Labute approximate surface area is 280 Å². The van der Waals surface area contributed by atoms with Crippen molar-refractivity contribution in [2.75, 3.05) is 0 Å². The monoisotopic (exact) mass is 702 g/mol. The predicted molar refractivity (Wildman–Crippen MR) is 182 cm³/mol. The van der Waals surface area contributed by atoms with Crippen molar-refractivity contribution in [2.24, 2.45) is 0 Å². The summed E-state index contributed by atoms with van der Waals surface area (Å²) in [5.41, 5.74) is 5.31. The number of pyridine rings is 2. The summed E-state index contributed by atoms with van der Waals surface area (Å²) in [6, 6.07) is 41.6. The molecule has 220 valence electrons. The molecule has 10 aromatic rings. The molecule has 7 heteroatoms. The summed E-state index contributed by atoms with van der Waals surface area (Å²) < 4.78 is 23.1. The average molecular weight is 703 g/mol. The normalized spacial score (nSPS) is 12.6. The number of benzene rings is 5. The summed E-state index contributed by atoms with van der Waals surface area (Å²) in [7, 11) is 0. The van der Waals surface area contributed by atoms with Crippen LogP contribution in [0.1, 0.15) is 17.3 Å². The van der Waals surface area contributed by atoms with E-state index in [1.807, 2.05) is 53.1 Å². The van der Waals surface area contributed by atoms with Gasteiger partial charge in [-0.2, -0.15) is 18.2 Å². The standard InChI is InChI=1S/C39H21FN4S.Pd/c40-37(24-14-15-26-27-9-1-3-12-33(27)43-18-17-42-38(43)32(26)20-24)23-7-5-8-25(19-23)44-34-22-36-31(28-10-2-4-13-35(28)45-36)21-30(34)29-11-6-16-41-39(29)44;/h1-18,21-22,37H;/q-2;+2. The number of nitrogens with zero attached hydrogens (tertiary/aromatic N) is 4. The van der Waals surface area contributed by atoms with Crippen molar-refractivity contribution < 1.29 is 24.8 Å². The second kappa shape index (κ2) is 10.3. The molecule has 46 heavy (non-hydrogen) atoms. The number of halogens is 1. The largest absolute Gasteiger partial charge is 2.00 e. The van der Waals surface area contributed by atoms with Crippen molar-refractivity contribution in [2.45, 2.75) is 6.17 Å². The van der Waals surface area contributed by atoms with Gasteiger partial charge in [-0.25, -0.2) is 9.37 Å². The van der Waals surface area contributed by atoms with E-state index in [4.69, 9.17) is 4.98 Å². The van der Waals surface area contributed by atoms with Gasteiger partial charge in [0.2, 0.25) is 0 Å². The molecule has 0 amide bonds. The maximum atomic E-state index is 16.5. The van der Waals surface area contributed by atoms with Crippen molar-refractivity contribution in [3.8, 4) is 5.69 Å². The van der Waals surface area contributed by atoms with Crippen LogP contribution in [-0.2, 0) is 20.4 Å². The molecule has 0 saturated heterocycles. The molecule has 0 radical (unpaired) electrons. The molecule has 0 aliphatic rings. The topological polar surface area (TPSA) is 35.1 Å². The van der Waals surface area contributed by atoms with Crippen molar-refractivity contribution in [1.82, 2.24) is 18.9 Å². The molecule has 10 rings (SSSR count). The molecular formula is C39H21FN4PdS. The molecule has 5 aromatic heterocycles. The zero-order valence-electron chi connectivity index (χ0n) is 24.0. The van der Waals surface area contributed by atoms with E-state index in [9.17, 15) is 0 Å². The van der Waals surface area contributed by atoms with Gasteiger partial charge in [0, 0.05) is 55.1 Å². The van der Waals surface area contributed by atoms with Crippen LogP contribution in [0.3, 0.4) is 0 Å². The van der Waals surface area contributed by atoms with Gasteiger partial charge in [0.1, 0.15) is 11.8 Å². The van der Waals surface area contributed by atoms with Gasteiger partial charge in [-0.05, 0) is 41.8 Å². The van der Waals surface area contributed by atoms with Crippen LogP contribution >= 0.6 is 11.3 Å². The van der Waals surface area contributed by atoms with Crippen LogP contribution in [0.15, 0.2) is 122 Å². The predicted octanol–water partition coefficient (Wildman–Crippen LogP) is 10.2. The number of aromatic nitrogens is 4. The zero-order valence-corrected chi connectivity index (χ0v) is 26.4. The Hall–Kier alpha value is -4.93. The number of hydrogen-bond donors (Lipinski definition) is 0. The molecular weight excluding hydrogens is 682 g/mol. The molecule has 0 bridgehead atoms. The van der Waals surface area contributed by atoms with E-state index < -0.39 is 6.17 Å². The molecule has 1 atom stereocenters. The molecule has 0 saturated carbocycles. The van der Waals surface area contributed by atoms with Crippen LogP contribution in [0.5, 0.6) is 0 Å². The molecule has 4 nitrogen and oxygen atoms in total. The summed E-state index contributed by atoms with van der Waals surface area (Å²) in [5.74, 6) is 0. The minimum Gasteiger partial charge on any atom is -0.340 e. The van der Waals surface area contributed by atoms with Gasteiger partial charge in [0.15, 0.2) is 0 Å². The Balaban J connectivity index is 0.00000292. The van der Waals surface area contributed by atoms with Crippen LogP contribution < -0.4 is 0 Å². The van der Waals surface area contributed by atoms with Gasteiger partial charge in [-0.15, -0.1) is 41.2 Å². The number of imidazole rings is 1. The number of hydrogen-bond acceptors (Lipinski definition) is 3. The van der Waals surface area contributed by atoms with E-state index in [1.54, 1.807) is 29.8 Å². The van der Waals surface area contributed by atoms with Gasteiger partial charge < -0.3 is 8.97 Å². The van der Waals surface area contributed by atoms with Gasteiger partial charge in [-0.1, -0.05) is 58.4 Å². The second-order valence-corrected chi connectivity index (χ2v) is 12.5. The van der Waals surface area contributed by atoms with Gasteiger partial charge >= 0.3 is 20.4 Å². The fourth-order valence-electron chi connectivity index (χ4n) is 6.88. The van der Waals surface area contributed by atoms with Crippen molar-refractivity contribution >= 4 is 80.8 Å². The molecule has 0 aliphatic carbocycles. The van der Waals surface area contributed by atoms with Crippen molar-refractivity contribution in [3.63, 3.8) is 0 Å². The van der Waals surface area contributed by atoms with E-state index >= 15 is 4.39 Å². The van der Waals surface area contributed by atoms with Crippen molar-refractivity contribution in [3.05, 3.63) is 145 Å². The molecule has 0 aliphatic heterocycles. The average Bonchev–Trinajstić information content (AvgIpc) is 3.81. The Kier molecular flexibility index (Phi) is 6.13. The number of thiophene rings is 1. The summed E-state index contributed by atoms with van der Waals surface area (Å²) >= 11 is 1.78. The first kappa shape index (κ1) is 27.4. The first-order valence-electron chi connectivity index (χ1n) is 14.8. The van der Waals surface area contributed by atoms with Crippen LogP contribution in [0.25, 0.3) is 75.1 Å². The smallest absolute Gasteiger partial charge is 0.340 e. The Bertz CT molecular complexity index is 2810. The quantitative estimate of drug-likeness (QED) is 0.104. The van der Waals surface area contributed by atoms with Crippen LogP contribution in [0.2, 0.25) is 0 Å². The van der Waals surface area contributed by atoms with Crippen LogP contribution in [-0.4, -0.2) is 18.9 Å². The Morgan fingerprint density at radius 3 is 2.35 bits per heavy atom. The summed E-state index contributed by atoms with van der Waals surface area (Å²) in [6.07, 6.45) is 4.10. The van der Waals surface area contributed by atoms with Crippen LogP contribution in [0.4, 0.5) is 4.39 Å². The van der Waals surface area contributed by atoms with E-state index in [0.29, 0.717) is 11.1 Å². The number of fused-ring (bicyclic) bond motifs is 12. The van der Waals surface area contributed by atoms with E-state index in [1.165, 1.54) is 20.2 Å². The zero-order chi connectivity index (χ0) is 29.6.